The summed E-state index contributed by atoms with van der Waals surface area (Å²) >= 11 is 5.91. The van der Waals surface area contributed by atoms with E-state index in [1.807, 2.05) is 0 Å². The Balaban J connectivity index is 2.65. The van der Waals surface area contributed by atoms with E-state index in [-0.39, 0.29) is 17.5 Å². The number of esters is 1. The Bertz CT molecular complexity index is 586. The minimum Gasteiger partial charge on any atom is -0.426 e. The molecule has 0 spiro atoms. The Morgan fingerprint density at radius 2 is 2.24 bits per heavy atom. The number of aliphatic hydroxyl groups excluding tert-OH is 1. The average Bonchev–Trinajstić information content (AvgIpc) is 2.29. The molecule has 0 aliphatic rings. The van der Waals surface area contributed by atoms with Gasteiger partial charge in [-0.25, -0.2) is 9.97 Å². The molecule has 0 aliphatic carbocycles. The third-order valence-electron chi connectivity index (χ3n) is 2.19. The van der Waals surface area contributed by atoms with Gasteiger partial charge in [-0.1, -0.05) is 11.6 Å². The summed E-state index contributed by atoms with van der Waals surface area (Å²) < 4.78 is 4.99. The van der Waals surface area contributed by atoms with Gasteiger partial charge in [-0.05, 0) is 12.1 Å². The Kier molecular flexibility index (Phi) is 3.21. The standard InChI is InChI=1S/C11H9ClN2O3/c1-6(16)17-10-3-8-9(2-7(10)4-15)13-5-14-11(8)12/h2-3,5,15H,4H2,1H3. The second-order valence-electron chi connectivity index (χ2n) is 3.39. The zero-order chi connectivity index (χ0) is 12.4. The lowest BCUT2D eigenvalue weighted by Crippen LogP contribution is -2.04. The molecule has 1 aromatic carbocycles. The molecule has 0 bridgehead atoms. The summed E-state index contributed by atoms with van der Waals surface area (Å²) in [4.78, 5) is 18.8. The summed E-state index contributed by atoms with van der Waals surface area (Å²) in [6, 6.07) is 3.16. The number of carbonyl (C=O) groups excluding carboxylic acids is 1. The second kappa shape index (κ2) is 4.65. The number of aliphatic hydroxyl groups is 1. The average molecular weight is 253 g/mol. The van der Waals surface area contributed by atoms with Crippen LogP contribution < -0.4 is 4.74 Å². The number of fused-ring (bicyclic) bond motifs is 1. The number of aromatic nitrogens is 2. The van der Waals surface area contributed by atoms with Gasteiger partial charge in [0.1, 0.15) is 17.2 Å². The molecule has 0 saturated carbocycles. The summed E-state index contributed by atoms with van der Waals surface area (Å²) in [5.41, 5.74) is 1.06. The Hall–Kier alpha value is -1.72. The molecule has 0 atom stereocenters. The van der Waals surface area contributed by atoms with Gasteiger partial charge in [0.15, 0.2) is 0 Å². The number of hydrogen-bond donors (Lipinski definition) is 1. The van der Waals surface area contributed by atoms with E-state index < -0.39 is 5.97 Å². The Morgan fingerprint density at radius 3 is 2.88 bits per heavy atom. The number of halogens is 1. The van der Waals surface area contributed by atoms with Gasteiger partial charge in [0.2, 0.25) is 0 Å². The van der Waals surface area contributed by atoms with Crippen LogP contribution in [0.25, 0.3) is 10.9 Å². The molecule has 1 aromatic heterocycles. The van der Waals surface area contributed by atoms with Gasteiger partial charge >= 0.3 is 5.97 Å². The zero-order valence-corrected chi connectivity index (χ0v) is 9.73. The van der Waals surface area contributed by atoms with Crippen LogP contribution in [0.4, 0.5) is 0 Å². The van der Waals surface area contributed by atoms with Crippen molar-refractivity contribution in [2.24, 2.45) is 0 Å². The predicted molar refractivity (Wildman–Crippen MR) is 61.8 cm³/mol. The van der Waals surface area contributed by atoms with Crippen LogP contribution in [0.2, 0.25) is 5.15 Å². The summed E-state index contributed by atoms with van der Waals surface area (Å²) in [6.45, 7) is 1.04. The van der Waals surface area contributed by atoms with E-state index in [0.717, 1.165) is 0 Å². The molecule has 1 N–H and O–H groups in total. The normalized spacial score (nSPS) is 10.5. The van der Waals surface area contributed by atoms with Crippen LogP contribution >= 0.6 is 11.6 Å². The van der Waals surface area contributed by atoms with Gasteiger partial charge in [-0.15, -0.1) is 0 Å². The Morgan fingerprint density at radius 1 is 1.47 bits per heavy atom. The molecular formula is C11H9ClN2O3. The third kappa shape index (κ3) is 2.35. The molecule has 2 rings (SSSR count). The molecule has 0 radical (unpaired) electrons. The maximum absolute atomic E-state index is 10.9. The number of benzene rings is 1. The third-order valence-corrected chi connectivity index (χ3v) is 2.49. The molecule has 1 heterocycles. The van der Waals surface area contributed by atoms with Crippen molar-refractivity contribution < 1.29 is 14.6 Å². The van der Waals surface area contributed by atoms with Crippen molar-refractivity contribution in [3.8, 4) is 5.75 Å². The van der Waals surface area contributed by atoms with E-state index in [2.05, 4.69) is 9.97 Å². The number of ether oxygens (including phenoxy) is 1. The minimum atomic E-state index is -0.466. The van der Waals surface area contributed by atoms with E-state index in [4.69, 9.17) is 16.3 Å². The smallest absolute Gasteiger partial charge is 0.308 e. The maximum atomic E-state index is 10.9. The van der Waals surface area contributed by atoms with Gasteiger partial charge in [-0.2, -0.15) is 0 Å². The second-order valence-corrected chi connectivity index (χ2v) is 3.75. The number of rotatable bonds is 2. The highest BCUT2D eigenvalue weighted by Crippen LogP contribution is 2.28. The van der Waals surface area contributed by atoms with E-state index in [1.165, 1.54) is 13.3 Å². The van der Waals surface area contributed by atoms with Crippen LogP contribution in [0.5, 0.6) is 5.75 Å². The molecule has 0 amide bonds. The van der Waals surface area contributed by atoms with Crippen molar-refractivity contribution in [3.63, 3.8) is 0 Å². The highest BCUT2D eigenvalue weighted by atomic mass is 35.5. The van der Waals surface area contributed by atoms with E-state index in [9.17, 15) is 9.90 Å². The van der Waals surface area contributed by atoms with Crippen LogP contribution in [0.15, 0.2) is 18.5 Å². The molecule has 5 nitrogen and oxygen atoms in total. The highest BCUT2D eigenvalue weighted by molar-refractivity contribution is 6.34. The van der Waals surface area contributed by atoms with Crippen LogP contribution in [0.3, 0.4) is 0 Å². The highest BCUT2D eigenvalue weighted by Gasteiger charge is 2.10. The predicted octanol–water partition coefficient (Wildman–Crippen LogP) is 1.70. The fourth-order valence-electron chi connectivity index (χ4n) is 1.47. The van der Waals surface area contributed by atoms with E-state index in [1.54, 1.807) is 12.1 Å². The molecule has 6 heteroatoms. The molecule has 0 fully saturated rings. The summed E-state index contributed by atoms with van der Waals surface area (Å²) in [5, 5.41) is 10.0. The fourth-order valence-corrected chi connectivity index (χ4v) is 1.66. The van der Waals surface area contributed by atoms with Gasteiger partial charge in [0.25, 0.3) is 0 Å². The molecular weight excluding hydrogens is 244 g/mol. The number of nitrogens with zero attached hydrogens (tertiary/aromatic N) is 2. The summed E-state index contributed by atoms with van der Waals surface area (Å²) in [5.74, 6) is -0.198. The van der Waals surface area contributed by atoms with Crippen LogP contribution in [-0.4, -0.2) is 21.0 Å². The van der Waals surface area contributed by atoms with Crippen molar-refractivity contribution in [3.05, 3.63) is 29.2 Å². The molecule has 0 saturated heterocycles. The quantitative estimate of drug-likeness (QED) is 0.500. The van der Waals surface area contributed by atoms with Crippen molar-refractivity contribution in [1.29, 1.82) is 0 Å². The largest absolute Gasteiger partial charge is 0.426 e. The van der Waals surface area contributed by atoms with Crippen molar-refractivity contribution in [2.45, 2.75) is 13.5 Å². The van der Waals surface area contributed by atoms with Crippen LogP contribution in [-0.2, 0) is 11.4 Å². The molecule has 2 aromatic rings. The molecule has 88 valence electrons. The number of hydrogen-bond acceptors (Lipinski definition) is 5. The first kappa shape index (κ1) is 11.8. The SMILES string of the molecule is CC(=O)Oc1cc2c(Cl)ncnc2cc1CO. The lowest BCUT2D eigenvalue weighted by atomic mass is 10.1. The van der Waals surface area contributed by atoms with Crippen molar-refractivity contribution in [1.82, 2.24) is 9.97 Å². The first-order valence-corrected chi connectivity index (χ1v) is 5.22. The van der Waals surface area contributed by atoms with Gasteiger partial charge < -0.3 is 9.84 Å². The Labute approximate surface area is 102 Å². The lowest BCUT2D eigenvalue weighted by molar-refractivity contribution is -0.131. The zero-order valence-electron chi connectivity index (χ0n) is 8.98. The monoisotopic (exact) mass is 252 g/mol. The van der Waals surface area contributed by atoms with Crippen molar-refractivity contribution in [2.75, 3.05) is 0 Å². The molecule has 0 aliphatic heterocycles. The topological polar surface area (TPSA) is 72.3 Å². The van der Waals surface area contributed by atoms with Crippen molar-refractivity contribution >= 4 is 28.5 Å². The van der Waals surface area contributed by atoms with Gasteiger partial charge in [0.05, 0.1) is 12.1 Å². The molecule has 17 heavy (non-hydrogen) atoms. The van der Waals surface area contributed by atoms with Crippen LogP contribution in [0, 0.1) is 0 Å². The first-order valence-electron chi connectivity index (χ1n) is 4.84. The lowest BCUT2D eigenvalue weighted by Gasteiger charge is -2.08. The van der Waals surface area contributed by atoms with Crippen LogP contribution in [0.1, 0.15) is 12.5 Å². The van der Waals surface area contributed by atoms with E-state index in [0.29, 0.717) is 16.5 Å². The fraction of sp³-hybridized carbons (Fsp3) is 0.182. The maximum Gasteiger partial charge on any atom is 0.308 e. The van der Waals surface area contributed by atoms with Gasteiger partial charge in [-0.3, -0.25) is 4.79 Å². The molecule has 0 unspecified atom stereocenters. The summed E-state index contributed by atoms with van der Waals surface area (Å²) in [7, 11) is 0. The minimum absolute atomic E-state index is 0.250. The number of carbonyl (C=O) groups is 1. The van der Waals surface area contributed by atoms with E-state index >= 15 is 0 Å². The first-order chi connectivity index (χ1) is 8.11. The summed E-state index contributed by atoms with van der Waals surface area (Å²) in [6.07, 6.45) is 1.33. The van der Waals surface area contributed by atoms with Gasteiger partial charge in [0, 0.05) is 17.9 Å².